The molecule has 37 heavy (non-hydrogen) atoms. The van der Waals surface area contributed by atoms with E-state index in [0.29, 0.717) is 6.54 Å². The molecule has 1 aliphatic carbocycles. The van der Waals surface area contributed by atoms with E-state index in [4.69, 9.17) is 5.11 Å². The maximum atomic E-state index is 13.6. The molecule has 2 N–H and O–H groups in total. The number of amides is 1. The van der Waals surface area contributed by atoms with Gasteiger partial charge in [-0.2, -0.15) is 0 Å². The van der Waals surface area contributed by atoms with Crippen molar-refractivity contribution in [3.63, 3.8) is 0 Å². The molecule has 4 rings (SSSR count). The molecule has 6 heteroatoms. The molecule has 0 heterocycles. The Kier molecular flexibility index (Phi) is 8.18. The van der Waals surface area contributed by atoms with Crippen molar-refractivity contribution >= 4 is 23.9 Å². The van der Waals surface area contributed by atoms with Gasteiger partial charge < -0.3 is 15.2 Å². The van der Waals surface area contributed by atoms with Crippen LogP contribution in [0.25, 0.3) is 17.2 Å². The average Bonchev–Trinajstić information content (AvgIpc) is 2.95. The Morgan fingerprint density at radius 1 is 0.919 bits per heavy atom. The van der Waals surface area contributed by atoms with Gasteiger partial charge in [0.2, 0.25) is 5.91 Å². The number of methoxy groups -OCH3 is 1. The molecule has 0 aromatic heterocycles. The van der Waals surface area contributed by atoms with Crippen LogP contribution in [0.3, 0.4) is 0 Å². The van der Waals surface area contributed by atoms with Crippen molar-refractivity contribution in [3.05, 3.63) is 101 Å². The quantitative estimate of drug-likeness (QED) is 0.305. The van der Waals surface area contributed by atoms with Crippen molar-refractivity contribution in [2.24, 2.45) is 0 Å². The van der Waals surface area contributed by atoms with Gasteiger partial charge in [0.05, 0.1) is 18.1 Å². The second-order valence-corrected chi connectivity index (χ2v) is 9.39. The number of nitrogens with one attached hydrogen (secondary N) is 1. The van der Waals surface area contributed by atoms with E-state index in [2.05, 4.69) is 10.1 Å². The molecule has 3 aromatic carbocycles. The van der Waals surface area contributed by atoms with E-state index in [1.54, 1.807) is 30.3 Å². The van der Waals surface area contributed by atoms with Crippen LogP contribution in [0.2, 0.25) is 0 Å². The molecule has 0 atom stereocenters. The van der Waals surface area contributed by atoms with Crippen molar-refractivity contribution in [1.82, 2.24) is 5.32 Å². The summed E-state index contributed by atoms with van der Waals surface area (Å²) in [6.07, 6.45) is 7.77. The lowest BCUT2D eigenvalue weighted by atomic mass is 9.68. The molecule has 1 saturated carbocycles. The zero-order valence-electron chi connectivity index (χ0n) is 20.9. The van der Waals surface area contributed by atoms with Crippen molar-refractivity contribution in [3.8, 4) is 11.1 Å². The fourth-order valence-corrected chi connectivity index (χ4v) is 4.95. The van der Waals surface area contributed by atoms with E-state index in [1.807, 2.05) is 48.5 Å². The summed E-state index contributed by atoms with van der Waals surface area (Å²) in [5.74, 6) is -1.34. The van der Waals surface area contributed by atoms with Gasteiger partial charge in [0, 0.05) is 12.6 Å². The van der Waals surface area contributed by atoms with Crippen LogP contribution < -0.4 is 5.32 Å². The minimum absolute atomic E-state index is 0.0228. The van der Waals surface area contributed by atoms with Gasteiger partial charge >= 0.3 is 11.9 Å². The topological polar surface area (TPSA) is 92.7 Å². The fraction of sp³-hybridized carbons (Fsp3) is 0.258. The Bertz CT molecular complexity index is 1290. The van der Waals surface area contributed by atoms with Gasteiger partial charge in [0.25, 0.3) is 0 Å². The number of carboxylic acid groups (broad SMARTS) is 1. The maximum absolute atomic E-state index is 13.6. The summed E-state index contributed by atoms with van der Waals surface area (Å²) in [7, 11) is 1.34. The summed E-state index contributed by atoms with van der Waals surface area (Å²) in [4.78, 5) is 36.2. The summed E-state index contributed by atoms with van der Waals surface area (Å²) in [6.45, 7) is 0.417. The Morgan fingerprint density at radius 2 is 1.57 bits per heavy atom. The highest BCUT2D eigenvalue weighted by Crippen LogP contribution is 2.40. The average molecular weight is 498 g/mol. The first-order chi connectivity index (χ1) is 17.9. The van der Waals surface area contributed by atoms with Crippen molar-refractivity contribution in [2.45, 2.75) is 44.1 Å². The number of aromatic carboxylic acids is 1. The zero-order chi connectivity index (χ0) is 26.3. The Hall–Kier alpha value is -4.19. The molecule has 0 bridgehead atoms. The molecule has 0 saturated heterocycles. The highest BCUT2D eigenvalue weighted by Gasteiger charge is 2.41. The van der Waals surface area contributed by atoms with E-state index < -0.39 is 17.4 Å². The first kappa shape index (κ1) is 25.9. The number of carboxylic acids is 1. The Morgan fingerprint density at radius 3 is 2.19 bits per heavy atom. The van der Waals surface area contributed by atoms with E-state index in [1.165, 1.54) is 13.2 Å². The van der Waals surface area contributed by atoms with Crippen molar-refractivity contribution in [2.75, 3.05) is 7.11 Å². The number of carbonyl (C=O) groups is 3. The molecule has 1 fully saturated rings. The molecule has 190 valence electrons. The molecule has 3 aromatic rings. The van der Waals surface area contributed by atoms with Gasteiger partial charge in [0.1, 0.15) is 0 Å². The largest absolute Gasteiger partial charge is 0.478 e. The van der Waals surface area contributed by atoms with Crippen molar-refractivity contribution < 1.29 is 24.2 Å². The van der Waals surface area contributed by atoms with Gasteiger partial charge in [-0.05, 0) is 58.9 Å². The summed E-state index contributed by atoms with van der Waals surface area (Å²) < 4.78 is 4.69. The van der Waals surface area contributed by atoms with Crippen LogP contribution in [0, 0.1) is 0 Å². The minimum atomic E-state index is -0.947. The van der Waals surface area contributed by atoms with E-state index >= 15 is 0 Å². The standard InChI is InChI=1S/C31H31NO5/c1-37-28(33)17-10-22-6-5-7-27(20-22)31(18-3-2-4-19-31)30(36)32-21-23-8-11-24(12-9-23)25-13-15-26(16-14-25)29(34)35/h5-17,20H,2-4,18-19,21H2,1H3,(H,32,36)(H,34,35)/b17-10+. The first-order valence-corrected chi connectivity index (χ1v) is 12.5. The number of esters is 1. The molecular weight excluding hydrogens is 466 g/mol. The number of hydrogen-bond donors (Lipinski definition) is 2. The number of hydrogen-bond acceptors (Lipinski definition) is 4. The van der Waals surface area contributed by atoms with Gasteiger partial charge in [-0.25, -0.2) is 9.59 Å². The predicted molar refractivity (Wildman–Crippen MR) is 143 cm³/mol. The van der Waals surface area contributed by atoms with Gasteiger partial charge in [-0.1, -0.05) is 79.9 Å². The first-order valence-electron chi connectivity index (χ1n) is 12.5. The van der Waals surface area contributed by atoms with Crippen molar-refractivity contribution in [1.29, 1.82) is 0 Å². The van der Waals surface area contributed by atoms with Crippen LogP contribution in [0.15, 0.2) is 78.9 Å². The SMILES string of the molecule is COC(=O)/C=C/c1cccc(C2(C(=O)NCc3ccc(-c4ccc(C(=O)O)cc4)cc3)CCCCC2)c1. The van der Waals surface area contributed by atoms with Gasteiger partial charge in [-0.3, -0.25) is 4.79 Å². The van der Waals surface area contributed by atoms with Crippen LogP contribution in [-0.2, 0) is 26.3 Å². The Labute approximate surface area is 217 Å². The second kappa shape index (κ2) is 11.7. The lowest BCUT2D eigenvalue weighted by molar-refractivity contribution is -0.134. The van der Waals surface area contributed by atoms with Crippen LogP contribution in [0.1, 0.15) is 59.2 Å². The molecule has 0 spiro atoms. The smallest absolute Gasteiger partial charge is 0.335 e. The van der Waals surface area contributed by atoms with E-state index in [-0.39, 0.29) is 11.5 Å². The number of rotatable bonds is 8. The summed E-state index contributed by atoms with van der Waals surface area (Å²) >= 11 is 0. The van der Waals surface area contributed by atoms with Crippen LogP contribution in [-0.4, -0.2) is 30.1 Å². The third-order valence-electron chi connectivity index (χ3n) is 7.07. The molecule has 1 amide bonds. The summed E-state index contributed by atoms with van der Waals surface area (Å²) in [5, 5.41) is 12.3. The monoisotopic (exact) mass is 497 g/mol. The third-order valence-corrected chi connectivity index (χ3v) is 7.07. The fourth-order valence-electron chi connectivity index (χ4n) is 4.95. The highest BCUT2D eigenvalue weighted by atomic mass is 16.5. The number of carbonyl (C=O) groups excluding carboxylic acids is 2. The lowest BCUT2D eigenvalue weighted by Gasteiger charge is -2.36. The highest BCUT2D eigenvalue weighted by molar-refractivity contribution is 5.90. The van der Waals surface area contributed by atoms with Crippen LogP contribution in [0.4, 0.5) is 0 Å². The predicted octanol–water partition coefficient (Wildman–Crippen LogP) is 5.76. The molecule has 1 aliphatic rings. The zero-order valence-corrected chi connectivity index (χ0v) is 20.9. The van der Waals surface area contributed by atoms with Gasteiger partial charge in [-0.15, -0.1) is 0 Å². The van der Waals surface area contributed by atoms with Crippen LogP contribution in [0.5, 0.6) is 0 Å². The normalized spacial score (nSPS) is 14.7. The third kappa shape index (κ3) is 6.15. The minimum Gasteiger partial charge on any atom is -0.478 e. The van der Waals surface area contributed by atoms with Gasteiger partial charge in [0.15, 0.2) is 0 Å². The molecule has 0 aliphatic heterocycles. The molecule has 0 radical (unpaired) electrons. The molecular formula is C31H31NO5. The molecule has 0 unspecified atom stereocenters. The maximum Gasteiger partial charge on any atom is 0.335 e. The van der Waals surface area contributed by atoms with E-state index in [0.717, 1.165) is 59.9 Å². The number of benzene rings is 3. The summed E-state index contributed by atoms with van der Waals surface area (Å²) in [5.41, 5.74) is 4.38. The molecule has 6 nitrogen and oxygen atoms in total. The van der Waals surface area contributed by atoms with E-state index in [9.17, 15) is 14.4 Å². The summed E-state index contributed by atoms with van der Waals surface area (Å²) in [6, 6.07) is 22.5. The lowest BCUT2D eigenvalue weighted by Crippen LogP contribution is -2.45. The number of ether oxygens (including phenoxy) is 1. The second-order valence-electron chi connectivity index (χ2n) is 9.39. The van der Waals surface area contributed by atoms with Crippen LogP contribution >= 0.6 is 0 Å². The Balaban J connectivity index is 1.48.